The number of benzene rings is 2. The van der Waals surface area contributed by atoms with E-state index in [0.717, 1.165) is 15.1 Å². The normalized spacial score (nSPS) is 10.4. The fourth-order valence-corrected chi connectivity index (χ4v) is 2.82. The number of hydrogen-bond donors (Lipinski definition) is 0. The standard InChI is InChI=1S/C13H10BrFS/c14-13-4-2-1-3-10(13)9-16-12-7-5-11(15)6-8-12/h1-8H,9H2. The fourth-order valence-electron chi connectivity index (χ4n) is 1.31. The van der Waals surface area contributed by atoms with E-state index >= 15 is 0 Å². The van der Waals surface area contributed by atoms with E-state index in [1.54, 1.807) is 23.9 Å². The van der Waals surface area contributed by atoms with Crippen molar-refractivity contribution in [2.75, 3.05) is 0 Å². The Kier molecular flexibility index (Phi) is 4.02. The van der Waals surface area contributed by atoms with Gasteiger partial charge in [0.25, 0.3) is 0 Å². The minimum Gasteiger partial charge on any atom is -0.207 e. The summed E-state index contributed by atoms with van der Waals surface area (Å²) < 4.78 is 13.8. The van der Waals surface area contributed by atoms with Gasteiger partial charge in [0.1, 0.15) is 5.82 Å². The van der Waals surface area contributed by atoms with Crippen molar-refractivity contribution in [2.45, 2.75) is 10.6 Å². The van der Waals surface area contributed by atoms with Crippen LogP contribution >= 0.6 is 27.7 Å². The molecule has 0 unspecified atom stereocenters. The van der Waals surface area contributed by atoms with Crippen molar-refractivity contribution in [3.63, 3.8) is 0 Å². The van der Waals surface area contributed by atoms with E-state index in [2.05, 4.69) is 22.0 Å². The number of halogens is 2. The molecule has 0 saturated carbocycles. The zero-order valence-corrected chi connectivity index (χ0v) is 10.9. The van der Waals surface area contributed by atoms with Crippen molar-refractivity contribution in [3.8, 4) is 0 Å². The van der Waals surface area contributed by atoms with Gasteiger partial charge in [0, 0.05) is 15.1 Å². The maximum Gasteiger partial charge on any atom is 0.123 e. The SMILES string of the molecule is Fc1ccc(SCc2ccccc2Br)cc1. The Morgan fingerprint density at radius 1 is 1.00 bits per heavy atom. The Hall–Kier alpha value is -0.800. The molecule has 0 aromatic heterocycles. The third kappa shape index (κ3) is 3.09. The monoisotopic (exact) mass is 296 g/mol. The first kappa shape index (κ1) is 11.7. The van der Waals surface area contributed by atoms with Gasteiger partial charge >= 0.3 is 0 Å². The van der Waals surface area contributed by atoms with E-state index in [9.17, 15) is 4.39 Å². The van der Waals surface area contributed by atoms with Crippen LogP contribution in [0.2, 0.25) is 0 Å². The molecule has 0 radical (unpaired) electrons. The molecule has 0 fully saturated rings. The molecule has 0 bridgehead atoms. The average molecular weight is 297 g/mol. The Labute approximate surface area is 107 Å². The molecule has 0 amide bonds. The van der Waals surface area contributed by atoms with Crippen molar-refractivity contribution in [1.82, 2.24) is 0 Å². The van der Waals surface area contributed by atoms with Crippen LogP contribution in [-0.2, 0) is 5.75 Å². The van der Waals surface area contributed by atoms with Gasteiger partial charge in [-0.05, 0) is 35.9 Å². The lowest BCUT2D eigenvalue weighted by Gasteiger charge is -2.04. The van der Waals surface area contributed by atoms with Gasteiger partial charge in [0.15, 0.2) is 0 Å². The van der Waals surface area contributed by atoms with Crippen LogP contribution in [0.25, 0.3) is 0 Å². The van der Waals surface area contributed by atoms with E-state index in [1.165, 1.54) is 17.7 Å². The summed E-state index contributed by atoms with van der Waals surface area (Å²) in [5.74, 6) is 0.692. The first-order valence-electron chi connectivity index (χ1n) is 4.87. The van der Waals surface area contributed by atoms with Crippen LogP contribution in [0.3, 0.4) is 0 Å². The van der Waals surface area contributed by atoms with Gasteiger partial charge in [-0.25, -0.2) is 4.39 Å². The molecule has 0 saturated heterocycles. The van der Waals surface area contributed by atoms with Crippen molar-refractivity contribution < 1.29 is 4.39 Å². The van der Waals surface area contributed by atoms with E-state index in [0.29, 0.717) is 0 Å². The number of rotatable bonds is 3. The van der Waals surface area contributed by atoms with Gasteiger partial charge in [-0.1, -0.05) is 34.1 Å². The highest BCUT2D eigenvalue weighted by molar-refractivity contribution is 9.10. The Morgan fingerprint density at radius 2 is 1.69 bits per heavy atom. The molecule has 0 nitrogen and oxygen atoms in total. The summed E-state index contributed by atoms with van der Waals surface area (Å²) in [4.78, 5) is 1.08. The minimum absolute atomic E-state index is 0.190. The molecule has 0 aliphatic heterocycles. The summed E-state index contributed by atoms with van der Waals surface area (Å²) in [5, 5.41) is 0. The van der Waals surface area contributed by atoms with Crippen molar-refractivity contribution in [2.24, 2.45) is 0 Å². The fraction of sp³-hybridized carbons (Fsp3) is 0.0769. The molecular formula is C13H10BrFS. The highest BCUT2D eigenvalue weighted by Crippen LogP contribution is 2.26. The lowest BCUT2D eigenvalue weighted by Crippen LogP contribution is -1.82. The highest BCUT2D eigenvalue weighted by Gasteiger charge is 2.00. The predicted octanol–water partition coefficient (Wildman–Crippen LogP) is 4.88. The molecule has 0 N–H and O–H groups in total. The molecule has 82 valence electrons. The zero-order chi connectivity index (χ0) is 11.4. The predicted molar refractivity (Wildman–Crippen MR) is 70.1 cm³/mol. The highest BCUT2D eigenvalue weighted by atomic mass is 79.9. The topological polar surface area (TPSA) is 0 Å². The van der Waals surface area contributed by atoms with Gasteiger partial charge in [-0.15, -0.1) is 11.8 Å². The van der Waals surface area contributed by atoms with Crippen molar-refractivity contribution >= 4 is 27.7 Å². The molecule has 0 heterocycles. The Bertz CT molecular complexity index is 468. The largest absolute Gasteiger partial charge is 0.207 e. The molecule has 0 spiro atoms. The smallest absolute Gasteiger partial charge is 0.123 e. The third-order valence-corrected chi connectivity index (χ3v) is 4.00. The second-order valence-electron chi connectivity index (χ2n) is 3.33. The summed E-state index contributed by atoms with van der Waals surface area (Å²) in [6.07, 6.45) is 0. The number of hydrogen-bond acceptors (Lipinski definition) is 1. The second-order valence-corrected chi connectivity index (χ2v) is 5.24. The van der Waals surface area contributed by atoms with Crippen molar-refractivity contribution in [1.29, 1.82) is 0 Å². The van der Waals surface area contributed by atoms with E-state index in [4.69, 9.17) is 0 Å². The molecule has 0 atom stereocenters. The van der Waals surface area contributed by atoms with Gasteiger partial charge in [0.2, 0.25) is 0 Å². The van der Waals surface area contributed by atoms with Crippen LogP contribution in [0, 0.1) is 5.82 Å². The van der Waals surface area contributed by atoms with Crippen LogP contribution in [0.5, 0.6) is 0 Å². The third-order valence-electron chi connectivity index (χ3n) is 2.17. The molecule has 0 aliphatic rings. The Balaban J connectivity index is 2.02. The zero-order valence-electron chi connectivity index (χ0n) is 8.49. The van der Waals surface area contributed by atoms with E-state index in [1.807, 2.05) is 18.2 Å². The van der Waals surface area contributed by atoms with E-state index in [-0.39, 0.29) is 5.82 Å². The Morgan fingerprint density at radius 3 is 2.38 bits per heavy atom. The number of thioether (sulfide) groups is 1. The summed E-state index contributed by atoms with van der Waals surface area (Å²) >= 11 is 5.21. The van der Waals surface area contributed by atoms with Crippen LogP contribution in [0.15, 0.2) is 57.9 Å². The van der Waals surface area contributed by atoms with Gasteiger partial charge < -0.3 is 0 Å². The average Bonchev–Trinajstić information content (AvgIpc) is 2.30. The molecule has 2 rings (SSSR count). The lowest BCUT2D eigenvalue weighted by atomic mass is 10.2. The molecule has 2 aromatic rings. The molecule has 0 aliphatic carbocycles. The summed E-state index contributed by atoms with van der Waals surface area (Å²) in [5.41, 5.74) is 1.25. The van der Waals surface area contributed by atoms with Crippen molar-refractivity contribution in [3.05, 3.63) is 64.4 Å². The first-order chi connectivity index (χ1) is 7.75. The van der Waals surface area contributed by atoms with Crippen LogP contribution in [0.4, 0.5) is 4.39 Å². The molecule has 2 aromatic carbocycles. The van der Waals surface area contributed by atoms with Crippen LogP contribution in [-0.4, -0.2) is 0 Å². The van der Waals surface area contributed by atoms with Gasteiger partial charge in [-0.2, -0.15) is 0 Å². The summed E-state index contributed by atoms with van der Waals surface area (Å²) in [6, 6.07) is 14.7. The van der Waals surface area contributed by atoms with Crippen LogP contribution in [0.1, 0.15) is 5.56 Å². The lowest BCUT2D eigenvalue weighted by molar-refractivity contribution is 0.626. The second kappa shape index (κ2) is 5.51. The van der Waals surface area contributed by atoms with Gasteiger partial charge in [0.05, 0.1) is 0 Å². The maximum atomic E-state index is 12.7. The molecule has 16 heavy (non-hydrogen) atoms. The quantitative estimate of drug-likeness (QED) is 0.728. The summed E-state index contributed by atoms with van der Waals surface area (Å²) in [6.45, 7) is 0. The maximum absolute atomic E-state index is 12.7. The molecule has 3 heteroatoms. The first-order valence-corrected chi connectivity index (χ1v) is 6.65. The van der Waals surface area contributed by atoms with E-state index < -0.39 is 0 Å². The van der Waals surface area contributed by atoms with Crippen LogP contribution < -0.4 is 0 Å². The summed E-state index contributed by atoms with van der Waals surface area (Å²) in [7, 11) is 0. The minimum atomic E-state index is -0.190. The van der Waals surface area contributed by atoms with Gasteiger partial charge in [-0.3, -0.25) is 0 Å². The molecular weight excluding hydrogens is 287 g/mol.